The van der Waals surface area contributed by atoms with Crippen LogP contribution >= 0.6 is 51.2 Å². The van der Waals surface area contributed by atoms with Gasteiger partial charge in [-0.1, -0.05) is 12.1 Å². The molecule has 0 saturated carbocycles. The lowest BCUT2D eigenvalue weighted by molar-refractivity contribution is 0.0827. The number of aliphatic imine (C=N–C) groups is 1. The fourth-order valence-electron chi connectivity index (χ4n) is 2.28. The molecule has 8 heteroatoms. The minimum Gasteiger partial charge on any atom is -0.356 e. The molecule has 1 aromatic carbocycles. The number of amides is 1. The van der Waals surface area contributed by atoms with E-state index in [2.05, 4.69) is 37.6 Å². The quantitative estimate of drug-likeness (QED) is 0.327. The van der Waals surface area contributed by atoms with Crippen molar-refractivity contribution in [3.63, 3.8) is 0 Å². The van der Waals surface area contributed by atoms with Gasteiger partial charge in [0.2, 0.25) is 0 Å². The summed E-state index contributed by atoms with van der Waals surface area (Å²) in [6.07, 6.45) is 0.819. The number of guanidine groups is 1. The van der Waals surface area contributed by atoms with Gasteiger partial charge >= 0.3 is 0 Å². The molecule has 1 aromatic heterocycles. The van der Waals surface area contributed by atoms with E-state index in [4.69, 9.17) is 0 Å². The summed E-state index contributed by atoms with van der Waals surface area (Å²) in [7, 11) is 5.28. The molecule has 1 amide bonds. The van der Waals surface area contributed by atoms with Crippen molar-refractivity contribution in [2.75, 3.05) is 27.7 Å². The Morgan fingerprint density at radius 3 is 2.62 bits per heavy atom. The molecule has 2 N–H and O–H groups in total. The molecule has 0 fully saturated rings. The van der Waals surface area contributed by atoms with E-state index in [1.54, 1.807) is 37.4 Å². The Balaban J connectivity index is 0.00000338. The lowest BCUT2D eigenvalue weighted by Crippen LogP contribution is -2.37. The molecule has 0 aliphatic carbocycles. The van der Waals surface area contributed by atoms with E-state index in [1.807, 2.05) is 30.3 Å². The van der Waals surface area contributed by atoms with Gasteiger partial charge < -0.3 is 15.5 Å². The predicted octanol–water partition coefficient (Wildman–Crippen LogP) is 3.74. The highest BCUT2D eigenvalue weighted by molar-refractivity contribution is 14.0. The zero-order chi connectivity index (χ0) is 18.2. The molecule has 5 nitrogen and oxygen atoms in total. The Morgan fingerprint density at radius 1 is 1.23 bits per heavy atom. The maximum absolute atomic E-state index is 12.0. The lowest BCUT2D eigenvalue weighted by atomic mass is 10.1. The Kier molecular flexibility index (Phi) is 10.2. The van der Waals surface area contributed by atoms with Crippen molar-refractivity contribution in [1.82, 2.24) is 15.5 Å². The van der Waals surface area contributed by atoms with E-state index in [0.29, 0.717) is 5.56 Å². The van der Waals surface area contributed by atoms with Gasteiger partial charge in [0.25, 0.3) is 5.91 Å². The second kappa shape index (κ2) is 11.6. The van der Waals surface area contributed by atoms with Gasteiger partial charge in [0.1, 0.15) is 0 Å². The molecule has 0 atom stereocenters. The Morgan fingerprint density at radius 2 is 2.00 bits per heavy atom. The van der Waals surface area contributed by atoms with Crippen molar-refractivity contribution < 1.29 is 4.79 Å². The van der Waals surface area contributed by atoms with Gasteiger partial charge in [0.05, 0.1) is 10.3 Å². The number of thiophene rings is 1. The van der Waals surface area contributed by atoms with E-state index in [9.17, 15) is 4.79 Å². The number of hydrogen-bond acceptors (Lipinski definition) is 3. The first kappa shape index (κ1) is 22.9. The average Bonchev–Trinajstić information content (AvgIpc) is 3.02. The van der Waals surface area contributed by atoms with Gasteiger partial charge in [-0.3, -0.25) is 9.79 Å². The first-order valence-electron chi connectivity index (χ1n) is 7.99. The van der Waals surface area contributed by atoms with E-state index in [0.717, 1.165) is 34.8 Å². The van der Waals surface area contributed by atoms with Gasteiger partial charge in [-0.2, -0.15) is 0 Å². The molecule has 142 valence electrons. The summed E-state index contributed by atoms with van der Waals surface area (Å²) in [5.74, 6) is 0.791. The van der Waals surface area contributed by atoms with Gasteiger partial charge in [0.15, 0.2) is 5.96 Å². The van der Waals surface area contributed by atoms with Crippen molar-refractivity contribution in [2.24, 2.45) is 4.99 Å². The van der Waals surface area contributed by atoms with Crippen molar-refractivity contribution in [2.45, 2.75) is 13.0 Å². The second-order valence-electron chi connectivity index (χ2n) is 5.71. The SMILES string of the molecule is CN=C(NCCc1cccc(C(=O)N(C)C)c1)NCc1ccc(Br)s1.I. The van der Waals surface area contributed by atoms with E-state index >= 15 is 0 Å². The average molecular weight is 551 g/mol. The van der Waals surface area contributed by atoms with E-state index in [-0.39, 0.29) is 29.9 Å². The lowest BCUT2D eigenvalue weighted by Gasteiger charge is -2.13. The molecule has 2 aromatic rings. The van der Waals surface area contributed by atoms with Crippen LogP contribution in [0.4, 0.5) is 0 Å². The smallest absolute Gasteiger partial charge is 0.253 e. The van der Waals surface area contributed by atoms with Crippen LogP contribution in [0.25, 0.3) is 0 Å². The highest BCUT2D eigenvalue weighted by atomic mass is 127. The molecule has 26 heavy (non-hydrogen) atoms. The summed E-state index contributed by atoms with van der Waals surface area (Å²) < 4.78 is 1.12. The number of nitrogens with one attached hydrogen (secondary N) is 2. The van der Waals surface area contributed by atoms with E-state index < -0.39 is 0 Å². The van der Waals surface area contributed by atoms with Gasteiger partial charge in [-0.15, -0.1) is 35.3 Å². The highest BCUT2D eigenvalue weighted by Gasteiger charge is 2.08. The Labute approximate surface area is 184 Å². The van der Waals surface area contributed by atoms with Crippen LogP contribution in [0.3, 0.4) is 0 Å². The van der Waals surface area contributed by atoms with E-state index in [1.165, 1.54) is 4.88 Å². The predicted molar refractivity (Wildman–Crippen MR) is 124 cm³/mol. The van der Waals surface area contributed by atoms with Crippen LogP contribution < -0.4 is 10.6 Å². The summed E-state index contributed by atoms with van der Waals surface area (Å²) in [4.78, 5) is 19.1. The summed E-state index contributed by atoms with van der Waals surface area (Å²) in [6.45, 7) is 1.48. The molecule has 0 unspecified atom stereocenters. The summed E-state index contributed by atoms with van der Waals surface area (Å²) in [5.41, 5.74) is 1.84. The normalized spacial score (nSPS) is 10.8. The molecule has 0 aliphatic heterocycles. The first-order chi connectivity index (χ1) is 12.0. The molecular weight excluding hydrogens is 527 g/mol. The molecule has 0 radical (unpaired) electrons. The van der Waals surface area contributed by atoms with Crippen LogP contribution in [0.5, 0.6) is 0 Å². The van der Waals surface area contributed by atoms with Crippen LogP contribution in [0.1, 0.15) is 20.8 Å². The second-order valence-corrected chi connectivity index (χ2v) is 8.26. The topological polar surface area (TPSA) is 56.7 Å². The van der Waals surface area contributed by atoms with Crippen LogP contribution in [-0.4, -0.2) is 44.5 Å². The minimum atomic E-state index is 0. The zero-order valence-electron chi connectivity index (χ0n) is 15.1. The van der Waals surface area contributed by atoms with Crippen molar-refractivity contribution in [1.29, 1.82) is 0 Å². The summed E-state index contributed by atoms with van der Waals surface area (Å²) in [6, 6.07) is 11.9. The molecular formula is C18H24BrIN4OS. The Bertz CT molecular complexity index is 748. The number of carbonyl (C=O) groups excluding carboxylic acids is 1. The van der Waals surface area contributed by atoms with Gasteiger partial charge in [-0.25, -0.2) is 0 Å². The molecule has 1 heterocycles. The van der Waals surface area contributed by atoms with Crippen LogP contribution in [-0.2, 0) is 13.0 Å². The minimum absolute atomic E-state index is 0. The number of benzene rings is 1. The number of rotatable bonds is 6. The maximum Gasteiger partial charge on any atom is 0.253 e. The monoisotopic (exact) mass is 550 g/mol. The molecule has 0 aliphatic rings. The Hall–Kier alpha value is -1.13. The van der Waals surface area contributed by atoms with Crippen molar-refractivity contribution in [3.8, 4) is 0 Å². The first-order valence-corrected chi connectivity index (χ1v) is 9.60. The zero-order valence-corrected chi connectivity index (χ0v) is 19.8. The van der Waals surface area contributed by atoms with Gasteiger partial charge in [-0.05, 0) is 52.2 Å². The fourth-order valence-corrected chi connectivity index (χ4v) is 3.70. The molecule has 0 bridgehead atoms. The number of carbonyl (C=O) groups is 1. The number of halogens is 2. The molecule has 0 saturated heterocycles. The molecule has 2 rings (SSSR count). The third-order valence-corrected chi connectivity index (χ3v) is 5.19. The number of nitrogens with zero attached hydrogens (tertiary/aromatic N) is 2. The van der Waals surface area contributed by atoms with Crippen LogP contribution in [0, 0.1) is 0 Å². The standard InChI is InChI=1S/C18H23BrN4OS.HI/c1-20-18(22-12-15-7-8-16(19)25-15)21-10-9-13-5-4-6-14(11-13)17(24)23(2)3;/h4-8,11H,9-10,12H2,1-3H3,(H2,20,21,22);1H. The van der Waals surface area contributed by atoms with Crippen LogP contribution in [0.15, 0.2) is 45.2 Å². The maximum atomic E-state index is 12.0. The number of hydrogen-bond donors (Lipinski definition) is 2. The summed E-state index contributed by atoms with van der Waals surface area (Å²) in [5, 5.41) is 6.60. The summed E-state index contributed by atoms with van der Waals surface area (Å²) >= 11 is 5.17. The highest BCUT2D eigenvalue weighted by Crippen LogP contribution is 2.21. The third-order valence-electron chi connectivity index (χ3n) is 3.57. The van der Waals surface area contributed by atoms with Crippen molar-refractivity contribution in [3.05, 3.63) is 56.2 Å². The largest absolute Gasteiger partial charge is 0.356 e. The van der Waals surface area contributed by atoms with Crippen molar-refractivity contribution >= 4 is 63.1 Å². The fraction of sp³-hybridized carbons (Fsp3) is 0.333. The molecule has 0 spiro atoms. The van der Waals surface area contributed by atoms with Crippen LogP contribution in [0.2, 0.25) is 0 Å². The third kappa shape index (κ3) is 7.24. The van der Waals surface area contributed by atoms with Gasteiger partial charge in [0, 0.05) is 38.1 Å².